The average Bonchev–Trinajstić information content (AvgIpc) is 3.72. The van der Waals surface area contributed by atoms with Gasteiger partial charge >= 0.3 is 19.6 Å². The first-order valence-corrected chi connectivity index (χ1v) is 15.8. The van der Waals surface area contributed by atoms with Crippen LogP contribution in [0, 0.1) is 4.91 Å². The molecule has 0 radical (unpaired) electrons. The van der Waals surface area contributed by atoms with Crippen LogP contribution in [-0.4, -0.2) is 107 Å². The van der Waals surface area contributed by atoms with Gasteiger partial charge in [-0.3, -0.25) is 28.0 Å². The minimum absolute atomic E-state index is 0.0144. The summed E-state index contributed by atoms with van der Waals surface area (Å²) in [7, 11) is -2.01. The Morgan fingerprint density at radius 3 is 2.42 bits per heavy atom. The van der Waals surface area contributed by atoms with Crippen molar-refractivity contribution in [2.24, 2.45) is 5.18 Å². The summed E-state index contributed by atoms with van der Waals surface area (Å²) in [4.78, 5) is 78.1. The van der Waals surface area contributed by atoms with Gasteiger partial charge in [0, 0.05) is 26.9 Å². The molecule has 0 saturated carbocycles. The quantitative estimate of drug-likeness (QED) is 0.138. The lowest BCUT2D eigenvalue weighted by Crippen LogP contribution is -2.35. The van der Waals surface area contributed by atoms with E-state index in [1.807, 2.05) is 0 Å². The molecule has 1 amide bonds. The number of aromatic amines is 1. The van der Waals surface area contributed by atoms with Crippen LogP contribution in [0.3, 0.4) is 0 Å². The smallest absolute Gasteiger partial charge is 0.443 e. The largest absolute Gasteiger partial charge is 0.472 e. The van der Waals surface area contributed by atoms with Gasteiger partial charge in [-0.15, -0.1) is 4.91 Å². The number of H-pyrrole nitrogens is 1. The maximum atomic E-state index is 13.3. The number of hydrogen-bond acceptors (Lipinski definition) is 18. The Morgan fingerprint density at radius 2 is 1.75 bits per heavy atom. The number of rotatable bonds is 12. The van der Waals surface area contributed by atoms with Gasteiger partial charge in [0.2, 0.25) is 11.9 Å². The van der Waals surface area contributed by atoms with Crippen LogP contribution in [0.2, 0.25) is 0 Å². The predicted molar refractivity (Wildman–Crippen MR) is 161 cm³/mol. The SMILES string of the molecule is CN(C)C(=O)O[C@H]1C[C@H](n2cnc3c(=O)[nH]c(N)nc32)OC1COP(=O)(O)O[C@@H]1C[C@H](n2cnc(N)nc2=O)OC1COC(C)(C)N=O. The lowest BCUT2D eigenvalue weighted by atomic mass is 10.2. The highest BCUT2D eigenvalue weighted by molar-refractivity contribution is 7.47. The molecule has 24 heteroatoms. The van der Waals surface area contributed by atoms with Crippen molar-refractivity contribution in [1.82, 2.24) is 39.0 Å². The molecule has 0 aromatic carbocycles. The number of anilines is 2. The number of nitrogen functional groups attached to an aromatic ring is 2. The Labute approximate surface area is 270 Å². The third kappa shape index (κ3) is 7.84. The minimum atomic E-state index is -4.94. The van der Waals surface area contributed by atoms with Crippen molar-refractivity contribution in [2.75, 3.05) is 38.8 Å². The number of imidazole rings is 1. The highest BCUT2D eigenvalue weighted by atomic mass is 31.2. The van der Waals surface area contributed by atoms with Crippen molar-refractivity contribution in [3.8, 4) is 0 Å². The van der Waals surface area contributed by atoms with Crippen LogP contribution in [0.4, 0.5) is 16.7 Å². The first-order valence-electron chi connectivity index (χ1n) is 14.3. The normalized spacial score (nSPS) is 25.6. The highest BCUT2D eigenvalue weighted by Gasteiger charge is 2.45. The maximum Gasteiger partial charge on any atom is 0.472 e. The molecule has 3 aromatic heterocycles. The van der Waals surface area contributed by atoms with Crippen LogP contribution in [0.1, 0.15) is 39.1 Å². The van der Waals surface area contributed by atoms with Crippen molar-refractivity contribution in [3.05, 3.63) is 38.4 Å². The first kappa shape index (κ1) is 34.9. The number of nitroso groups, excluding NO2 is 1. The van der Waals surface area contributed by atoms with Gasteiger partial charge in [-0.2, -0.15) is 9.97 Å². The third-order valence-corrected chi connectivity index (χ3v) is 8.30. The molecule has 0 spiro atoms. The van der Waals surface area contributed by atoms with Gasteiger partial charge in [0.25, 0.3) is 5.56 Å². The van der Waals surface area contributed by atoms with E-state index in [4.69, 9.17) is 39.5 Å². The van der Waals surface area contributed by atoms with Crippen LogP contribution < -0.4 is 22.7 Å². The van der Waals surface area contributed by atoms with Gasteiger partial charge in [0.05, 0.1) is 19.5 Å². The summed E-state index contributed by atoms with van der Waals surface area (Å²) in [5, 5.41) is 2.87. The van der Waals surface area contributed by atoms with Crippen molar-refractivity contribution in [1.29, 1.82) is 0 Å². The zero-order valence-corrected chi connectivity index (χ0v) is 27.0. The van der Waals surface area contributed by atoms with E-state index in [0.717, 1.165) is 10.9 Å². The number of amides is 1. The summed E-state index contributed by atoms with van der Waals surface area (Å²) in [6.45, 7) is 1.85. The standard InChI is InChI=1S/C24H34N11O12P/c1-24(2,32-39)42-7-13-12(6-16(44-13)35-10-28-20(25)31-22(35)37)47-48(40,41)43-8-14-11(46-23(38)33(3)4)5-15(45-14)34-9-27-17-18(34)29-21(26)30-19(17)36/h9-16H,5-8H2,1-4H3,(H,40,41)(H2,25,31,37)(H3,26,29,30,36)/t11-,12+,13?,14?,15+,16+/m0/s1. The van der Waals surface area contributed by atoms with Crippen molar-refractivity contribution >= 4 is 37.0 Å². The molecule has 7 atom stereocenters. The Balaban J connectivity index is 1.32. The van der Waals surface area contributed by atoms with Crippen molar-refractivity contribution in [3.63, 3.8) is 0 Å². The molecule has 0 aliphatic carbocycles. The summed E-state index contributed by atoms with van der Waals surface area (Å²) in [5.74, 6) is -0.432. The predicted octanol–water partition coefficient (Wildman–Crippen LogP) is -0.401. The number of phosphoric ester groups is 1. The number of carbonyl (C=O) groups is 1. The zero-order chi connectivity index (χ0) is 35.0. The van der Waals surface area contributed by atoms with Gasteiger partial charge in [-0.1, -0.05) is 0 Å². The number of aromatic nitrogens is 7. The topological polar surface area (TPSA) is 306 Å². The second-order valence-electron chi connectivity index (χ2n) is 11.5. The zero-order valence-electron chi connectivity index (χ0n) is 26.1. The van der Waals surface area contributed by atoms with Crippen LogP contribution in [0.5, 0.6) is 0 Å². The lowest BCUT2D eigenvalue weighted by Gasteiger charge is -2.25. The number of ether oxygens (including phenoxy) is 4. The second kappa shape index (κ2) is 13.6. The Bertz CT molecular complexity index is 1830. The van der Waals surface area contributed by atoms with Gasteiger partial charge in [-0.05, 0) is 19.0 Å². The monoisotopic (exact) mass is 699 g/mol. The number of nitrogens with two attached hydrogens (primary N) is 2. The van der Waals surface area contributed by atoms with E-state index in [2.05, 4.69) is 30.1 Å². The third-order valence-electron chi connectivity index (χ3n) is 7.29. The fraction of sp³-hybridized carbons (Fsp3) is 0.625. The molecule has 6 N–H and O–H groups in total. The molecule has 48 heavy (non-hydrogen) atoms. The number of phosphoric acid groups is 1. The fourth-order valence-corrected chi connectivity index (χ4v) is 5.86. The van der Waals surface area contributed by atoms with E-state index in [1.54, 1.807) is 0 Å². The van der Waals surface area contributed by atoms with Crippen LogP contribution >= 0.6 is 7.82 Å². The molecular weight excluding hydrogens is 665 g/mol. The highest BCUT2D eigenvalue weighted by Crippen LogP contribution is 2.49. The number of hydrogen-bond donors (Lipinski definition) is 4. The van der Waals surface area contributed by atoms with Gasteiger partial charge in [0.1, 0.15) is 43.2 Å². The molecule has 2 saturated heterocycles. The molecular formula is C24H34N11O12P. The molecule has 5 heterocycles. The summed E-state index contributed by atoms with van der Waals surface area (Å²) in [5.41, 5.74) is 8.40. The Kier molecular flexibility index (Phi) is 9.92. The van der Waals surface area contributed by atoms with Crippen LogP contribution in [0.25, 0.3) is 11.2 Å². The summed E-state index contributed by atoms with van der Waals surface area (Å²) in [6, 6.07) is 0. The molecule has 262 valence electrons. The van der Waals surface area contributed by atoms with Gasteiger partial charge < -0.3 is 40.2 Å². The molecule has 2 fully saturated rings. The van der Waals surface area contributed by atoms with Crippen LogP contribution in [0.15, 0.2) is 27.4 Å². The Morgan fingerprint density at radius 1 is 1.10 bits per heavy atom. The summed E-state index contributed by atoms with van der Waals surface area (Å²) < 4.78 is 49.4. The molecule has 3 unspecified atom stereocenters. The number of carbonyl (C=O) groups excluding carboxylic acids is 1. The van der Waals surface area contributed by atoms with Gasteiger partial charge in [0.15, 0.2) is 16.9 Å². The van der Waals surface area contributed by atoms with Gasteiger partial charge in [-0.25, -0.2) is 24.1 Å². The molecule has 2 aliphatic rings. The summed E-state index contributed by atoms with van der Waals surface area (Å²) in [6.07, 6.45) is -4.90. The summed E-state index contributed by atoms with van der Waals surface area (Å²) >= 11 is 0. The number of fused-ring (bicyclic) bond motifs is 1. The molecule has 5 rings (SSSR count). The molecule has 2 aliphatic heterocycles. The van der Waals surface area contributed by atoms with E-state index in [0.29, 0.717) is 0 Å². The van der Waals surface area contributed by atoms with E-state index in [1.165, 1.54) is 43.7 Å². The maximum absolute atomic E-state index is 13.3. The first-order chi connectivity index (χ1) is 22.6. The molecule has 0 bridgehead atoms. The number of nitrogens with zero attached hydrogens (tertiary/aromatic N) is 8. The van der Waals surface area contributed by atoms with E-state index in [9.17, 15) is 28.7 Å². The van der Waals surface area contributed by atoms with Crippen LogP contribution in [-0.2, 0) is 32.6 Å². The molecule has 3 aromatic rings. The van der Waals surface area contributed by atoms with E-state index >= 15 is 0 Å². The molecule has 23 nitrogen and oxygen atoms in total. The number of nitrogens with one attached hydrogen (secondary N) is 1. The lowest BCUT2D eigenvalue weighted by molar-refractivity contribution is -0.103. The average molecular weight is 700 g/mol. The minimum Gasteiger partial charge on any atom is -0.443 e. The van der Waals surface area contributed by atoms with E-state index in [-0.39, 0.29) is 42.5 Å². The van der Waals surface area contributed by atoms with Crippen molar-refractivity contribution in [2.45, 2.75) is 69.3 Å². The van der Waals surface area contributed by atoms with Crippen molar-refractivity contribution < 1.29 is 42.2 Å². The fourth-order valence-electron chi connectivity index (χ4n) is 4.90. The Hall–Kier alpha value is -4.38. The van der Waals surface area contributed by atoms with E-state index < -0.39 is 74.4 Å². The second-order valence-corrected chi connectivity index (χ2v) is 12.9.